The Bertz CT molecular complexity index is 1140. The zero-order valence-electron chi connectivity index (χ0n) is 18.8. The molecule has 0 spiro atoms. The van der Waals surface area contributed by atoms with Crippen molar-refractivity contribution in [2.24, 2.45) is 0 Å². The zero-order valence-corrected chi connectivity index (χ0v) is 18.8. The smallest absolute Gasteiger partial charge is 0.255 e. The fraction of sp³-hybridized carbons (Fsp3) is 0.360. The van der Waals surface area contributed by atoms with Crippen LogP contribution in [0, 0.1) is 18.3 Å². The van der Waals surface area contributed by atoms with Crippen LogP contribution in [0.1, 0.15) is 41.3 Å². The number of amides is 1. The lowest BCUT2D eigenvalue weighted by Crippen LogP contribution is -2.46. The number of carbonyl (C=O) groups excluding carboxylic acids is 1. The number of carbonyl (C=O) groups is 1. The number of nitriles is 1. The molecule has 3 aromatic rings. The quantitative estimate of drug-likeness (QED) is 0.620. The van der Waals surface area contributed by atoms with Crippen LogP contribution < -0.4 is 0 Å². The van der Waals surface area contributed by atoms with Crippen LogP contribution in [0.3, 0.4) is 0 Å². The fourth-order valence-corrected chi connectivity index (χ4v) is 4.33. The molecule has 0 N–H and O–H groups in total. The van der Waals surface area contributed by atoms with E-state index >= 15 is 0 Å². The molecule has 7 nitrogen and oxygen atoms in total. The highest BCUT2D eigenvalue weighted by Gasteiger charge is 2.26. The average molecular weight is 429 g/mol. The SMILES string of the molecule is CCN(C(=O)c1ccc(-n2cc(-c3ccc(C#N)cc3C)cn2)nc1)C1CCN(C)CC1. The van der Waals surface area contributed by atoms with Crippen LogP contribution >= 0.6 is 0 Å². The van der Waals surface area contributed by atoms with Gasteiger partial charge in [-0.2, -0.15) is 10.4 Å². The molecule has 0 bridgehead atoms. The van der Waals surface area contributed by atoms with Gasteiger partial charge in [-0.1, -0.05) is 6.07 Å². The second-order valence-electron chi connectivity index (χ2n) is 8.35. The Balaban J connectivity index is 1.50. The van der Waals surface area contributed by atoms with Crippen molar-refractivity contribution in [1.82, 2.24) is 24.6 Å². The molecule has 2 aromatic heterocycles. The molecule has 164 valence electrons. The summed E-state index contributed by atoms with van der Waals surface area (Å²) in [6, 6.07) is 11.7. The molecule has 3 heterocycles. The van der Waals surface area contributed by atoms with Crippen LogP contribution in [0.15, 0.2) is 48.9 Å². The number of rotatable bonds is 5. The van der Waals surface area contributed by atoms with Crippen LogP contribution in [0.4, 0.5) is 0 Å². The summed E-state index contributed by atoms with van der Waals surface area (Å²) in [5, 5.41) is 13.5. The summed E-state index contributed by atoms with van der Waals surface area (Å²) < 4.78 is 1.70. The predicted octanol–water partition coefficient (Wildman–Crippen LogP) is 3.67. The van der Waals surface area contributed by atoms with Gasteiger partial charge >= 0.3 is 0 Å². The third-order valence-electron chi connectivity index (χ3n) is 6.21. The first-order chi connectivity index (χ1) is 15.5. The van der Waals surface area contributed by atoms with Crippen LogP contribution in [0.5, 0.6) is 0 Å². The number of hydrogen-bond acceptors (Lipinski definition) is 5. The molecule has 1 amide bonds. The lowest BCUT2D eigenvalue weighted by molar-refractivity contribution is 0.0606. The number of nitrogens with zero attached hydrogens (tertiary/aromatic N) is 6. The molecule has 1 aliphatic rings. The Morgan fingerprint density at radius 3 is 2.62 bits per heavy atom. The molecular weight excluding hydrogens is 400 g/mol. The summed E-state index contributed by atoms with van der Waals surface area (Å²) >= 11 is 0. The maximum atomic E-state index is 13.1. The summed E-state index contributed by atoms with van der Waals surface area (Å²) in [5.74, 6) is 0.692. The predicted molar refractivity (Wildman–Crippen MR) is 123 cm³/mol. The first-order valence-electron chi connectivity index (χ1n) is 11.0. The van der Waals surface area contributed by atoms with Crippen molar-refractivity contribution in [3.8, 4) is 23.0 Å². The molecule has 0 unspecified atom stereocenters. The van der Waals surface area contributed by atoms with Crippen LogP contribution in [-0.4, -0.2) is 63.2 Å². The largest absolute Gasteiger partial charge is 0.336 e. The van der Waals surface area contributed by atoms with Gasteiger partial charge < -0.3 is 9.80 Å². The van der Waals surface area contributed by atoms with Crippen molar-refractivity contribution < 1.29 is 4.79 Å². The van der Waals surface area contributed by atoms with Gasteiger partial charge in [0, 0.05) is 30.5 Å². The van der Waals surface area contributed by atoms with Crippen LogP contribution in [0.25, 0.3) is 16.9 Å². The molecule has 0 atom stereocenters. The summed E-state index contributed by atoms with van der Waals surface area (Å²) in [7, 11) is 2.13. The second-order valence-corrected chi connectivity index (χ2v) is 8.35. The van der Waals surface area contributed by atoms with E-state index in [-0.39, 0.29) is 11.9 Å². The molecule has 4 rings (SSSR count). The van der Waals surface area contributed by atoms with E-state index in [0.29, 0.717) is 23.5 Å². The third-order valence-corrected chi connectivity index (χ3v) is 6.21. The van der Waals surface area contributed by atoms with E-state index < -0.39 is 0 Å². The van der Waals surface area contributed by atoms with E-state index in [9.17, 15) is 4.79 Å². The molecule has 32 heavy (non-hydrogen) atoms. The molecule has 1 aromatic carbocycles. The molecular formula is C25H28N6O. The first kappa shape index (κ1) is 21.7. The van der Waals surface area contributed by atoms with Gasteiger partial charge in [0.15, 0.2) is 5.82 Å². The van der Waals surface area contributed by atoms with Gasteiger partial charge in [0.25, 0.3) is 5.91 Å². The maximum absolute atomic E-state index is 13.1. The van der Waals surface area contributed by atoms with Crippen LogP contribution in [0.2, 0.25) is 0 Å². The third kappa shape index (κ3) is 4.41. The molecule has 7 heteroatoms. The van der Waals surface area contributed by atoms with Crippen molar-refractivity contribution >= 4 is 5.91 Å². The highest BCUT2D eigenvalue weighted by molar-refractivity contribution is 5.94. The van der Waals surface area contributed by atoms with Crippen molar-refractivity contribution in [2.75, 3.05) is 26.7 Å². The van der Waals surface area contributed by atoms with Gasteiger partial charge in [0.1, 0.15) is 0 Å². The van der Waals surface area contributed by atoms with E-state index in [1.165, 1.54) is 0 Å². The Hall–Kier alpha value is -3.50. The average Bonchev–Trinajstić information content (AvgIpc) is 3.30. The van der Waals surface area contributed by atoms with Gasteiger partial charge in [-0.3, -0.25) is 4.79 Å². The Kier molecular flexibility index (Phi) is 6.33. The Labute approximate surface area is 188 Å². The lowest BCUT2D eigenvalue weighted by atomic mass is 10.0. The van der Waals surface area contributed by atoms with Crippen molar-refractivity contribution in [2.45, 2.75) is 32.7 Å². The molecule has 1 fully saturated rings. The van der Waals surface area contributed by atoms with Gasteiger partial charge in [-0.15, -0.1) is 0 Å². The van der Waals surface area contributed by atoms with Gasteiger partial charge in [0.2, 0.25) is 0 Å². The lowest BCUT2D eigenvalue weighted by Gasteiger charge is -2.36. The summed E-state index contributed by atoms with van der Waals surface area (Å²) in [5.41, 5.74) is 4.24. The van der Waals surface area contributed by atoms with Crippen molar-refractivity contribution in [3.05, 3.63) is 65.6 Å². The van der Waals surface area contributed by atoms with E-state index in [1.54, 1.807) is 17.1 Å². The number of benzene rings is 1. The summed E-state index contributed by atoms with van der Waals surface area (Å²) in [6.45, 7) is 6.75. The maximum Gasteiger partial charge on any atom is 0.255 e. The van der Waals surface area contributed by atoms with E-state index in [0.717, 1.165) is 42.6 Å². The molecule has 1 saturated heterocycles. The summed E-state index contributed by atoms with van der Waals surface area (Å²) in [6.07, 6.45) is 7.35. The number of hydrogen-bond donors (Lipinski definition) is 0. The number of aryl methyl sites for hydroxylation is 1. The van der Waals surface area contributed by atoms with Crippen LogP contribution in [-0.2, 0) is 0 Å². The highest BCUT2D eigenvalue weighted by Crippen LogP contribution is 2.25. The monoisotopic (exact) mass is 428 g/mol. The number of pyridine rings is 1. The minimum absolute atomic E-state index is 0.0375. The Morgan fingerprint density at radius 1 is 1.22 bits per heavy atom. The standard InChI is InChI=1S/C25H28N6O/c1-4-30(22-9-11-29(3)12-10-22)25(32)20-6-8-24(27-15-20)31-17-21(16-28-31)23-7-5-19(14-26)13-18(23)2/h5-8,13,15-17,22H,4,9-12H2,1-3H3. The molecule has 1 aliphatic heterocycles. The highest BCUT2D eigenvalue weighted by atomic mass is 16.2. The molecule has 0 radical (unpaired) electrons. The normalized spacial score (nSPS) is 14.8. The van der Waals surface area contributed by atoms with Crippen molar-refractivity contribution in [1.29, 1.82) is 5.26 Å². The van der Waals surface area contributed by atoms with Gasteiger partial charge in [0.05, 0.1) is 23.4 Å². The van der Waals surface area contributed by atoms with E-state index in [2.05, 4.69) is 28.1 Å². The minimum atomic E-state index is 0.0375. The zero-order chi connectivity index (χ0) is 22.7. The minimum Gasteiger partial charge on any atom is -0.336 e. The molecule has 0 saturated carbocycles. The number of likely N-dealkylation sites (tertiary alicyclic amines) is 1. The first-order valence-corrected chi connectivity index (χ1v) is 11.0. The summed E-state index contributed by atoms with van der Waals surface area (Å²) in [4.78, 5) is 21.9. The second kappa shape index (κ2) is 9.33. The Morgan fingerprint density at radius 2 is 2.00 bits per heavy atom. The molecule has 0 aliphatic carbocycles. The van der Waals surface area contributed by atoms with E-state index in [1.807, 2.05) is 55.3 Å². The van der Waals surface area contributed by atoms with Gasteiger partial charge in [-0.25, -0.2) is 9.67 Å². The fourth-order valence-electron chi connectivity index (χ4n) is 4.33. The van der Waals surface area contributed by atoms with Crippen molar-refractivity contribution in [3.63, 3.8) is 0 Å². The number of aromatic nitrogens is 3. The number of piperidine rings is 1. The van der Waals surface area contributed by atoms with E-state index in [4.69, 9.17) is 5.26 Å². The van der Waals surface area contributed by atoms with Gasteiger partial charge in [-0.05, 0) is 82.2 Å². The topological polar surface area (TPSA) is 78.0 Å².